The van der Waals surface area contributed by atoms with Gasteiger partial charge in [0.15, 0.2) is 0 Å². The summed E-state index contributed by atoms with van der Waals surface area (Å²) in [6.07, 6.45) is 7.47. The number of para-hydroxylation sites is 1. The Bertz CT molecular complexity index is 763. The fourth-order valence-corrected chi connectivity index (χ4v) is 7.37. The monoisotopic (exact) mass is 354 g/mol. The summed E-state index contributed by atoms with van der Waals surface area (Å²) in [5, 5.41) is 0. The van der Waals surface area contributed by atoms with E-state index in [1.165, 1.54) is 50.8 Å². The molecule has 1 aromatic carbocycles. The highest BCUT2D eigenvalue weighted by molar-refractivity contribution is 5.98. The van der Waals surface area contributed by atoms with Crippen molar-refractivity contribution < 1.29 is 9.53 Å². The molecular formula is C22H30N2O2. The Balaban J connectivity index is 1.77. The average molecular weight is 354 g/mol. The molecule has 4 atom stereocenters. The second-order valence-electron chi connectivity index (χ2n) is 8.85. The van der Waals surface area contributed by atoms with E-state index in [9.17, 15) is 4.79 Å². The van der Waals surface area contributed by atoms with E-state index < -0.39 is 0 Å². The molecule has 0 N–H and O–H groups in total. The highest BCUT2D eigenvalue weighted by Crippen LogP contribution is 2.66. The van der Waals surface area contributed by atoms with Crippen molar-refractivity contribution in [1.29, 1.82) is 0 Å². The van der Waals surface area contributed by atoms with Crippen molar-refractivity contribution in [3.63, 3.8) is 0 Å². The molecule has 1 spiro atoms. The van der Waals surface area contributed by atoms with Crippen molar-refractivity contribution in [2.75, 3.05) is 25.1 Å². The van der Waals surface area contributed by atoms with Crippen LogP contribution < -0.4 is 9.64 Å². The summed E-state index contributed by atoms with van der Waals surface area (Å²) in [6.45, 7) is 6.51. The Morgan fingerprint density at radius 1 is 1.27 bits per heavy atom. The van der Waals surface area contributed by atoms with Gasteiger partial charge in [0, 0.05) is 24.4 Å². The van der Waals surface area contributed by atoms with Gasteiger partial charge in [-0.15, -0.1) is 0 Å². The van der Waals surface area contributed by atoms with Gasteiger partial charge in [0.2, 0.25) is 5.91 Å². The summed E-state index contributed by atoms with van der Waals surface area (Å²) >= 11 is 0. The number of benzene rings is 1. The Morgan fingerprint density at radius 3 is 2.85 bits per heavy atom. The molecule has 4 nitrogen and oxygen atoms in total. The molecule has 3 fully saturated rings. The molecular weight excluding hydrogens is 324 g/mol. The van der Waals surface area contributed by atoms with Crippen molar-refractivity contribution in [2.24, 2.45) is 5.41 Å². The number of hydrogen-bond acceptors (Lipinski definition) is 3. The molecule has 0 aromatic heterocycles. The third-order valence-electron chi connectivity index (χ3n) is 8.19. The predicted molar refractivity (Wildman–Crippen MR) is 103 cm³/mol. The molecule has 2 saturated heterocycles. The van der Waals surface area contributed by atoms with Gasteiger partial charge in [-0.05, 0) is 68.7 Å². The number of nitrogens with zero attached hydrogens (tertiary/aromatic N) is 2. The van der Waals surface area contributed by atoms with E-state index in [4.69, 9.17) is 4.74 Å². The summed E-state index contributed by atoms with van der Waals surface area (Å²) in [5.74, 6) is 1.02. The van der Waals surface area contributed by atoms with E-state index in [2.05, 4.69) is 28.9 Å². The predicted octanol–water partition coefficient (Wildman–Crippen LogP) is 3.73. The molecule has 0 unspecified atom stereocenters. The molecule has 140 valence electrons. The number of amides is 1. The standard InChI is InChI=1S/C22H30N2O2/c1-4-21-10-6-13-23-14-12-22(20(21)23)16-7-5-8-17(26-3)19(16)24(15(2)25)18(22)9-11-21/h5,7-8,18,20H,4,6,9-14H2,1-3H3/t18-,20-,21+,22+/m0/s1. The van der Waals surface area contributed by atoms with E-state index in [0.29, 0.717) is 17.5 Å². The van der Waals surface area contributed by atoms with Crippen LogP contribution in [0.25, 0.3) is 0 Å². The lowest BCUT2D eigenvalue weighted by Crippen LogP contribution is -2.65. The number of methoxy groups -OCH3 is 1. The molecule has 1 saturated carbocycles. The van der Waals surface area contributed by atoms with Gasteiger partial charge in [-0.2, -0.15) is 0 Å². The van der Waals surface area contributed by atoms with Crippen LogP contribution in [0.5, 0.6) is 5.75 Å². The van der Waals surface area contributed by atoms with Gasteiger partial charge in [-0.1, -0.05) is 19.1 Å². The van der Waals surface area contributed by atoms with Crippen LogP contribution in [0.4, 0.5) is 5.69 Å². The van der Waals surface area contributed by atoms with E-state index in [1.54, 1.807) is 14.0 Å². The minimum absolute atomic E-state index is 0.0875. The SMILES string of the molecule is CC[C@@]12CCCN3CC[C@]4(c5cccc(OC)c5N(C(C)=O)[C@H]4CC1)[C@@H]32. The molecule has 1 aromatic rings. The summed E-state index contributed by atoms with van der Waals surface area (Å²) in [6, 6.07) is 7.30. The number of hydrogen-bond donors (Lipinski definition) is 0. The fraction of sp³-hybridized carbons (Fsp3) is 0.682. The molecule has 1 aliphatic carbocycles. The normalized spacial score (nSPS) is 37.9. The van der Waals surface area contributed by atoms with Crippen LogP contribution in [0.2, 0.25) is 0 Å². The van der Waals surface area contributed by atoms with Gasteiger partial charge in [-0.3, -0.25) is 9.69 Å². The van der Waals surface area contributed by atoms with Gasteiger partial charge < -0.3 is 9.64 Å². The molecule has 3 aliphatic heterocycles. The van der Waals surface area contributed by atoms with Crippen LogP contribution in [0.15, 0.2) is 18.2 Å². The van der Waals surface area contributed by atoms with Crippen LogP contribution in [0.3, 0.4) is 0 Å². The molecule has 26 heavy (non-hydrogen) atoms. The number of carbonyl (C=O) groups excluding carboxylic acids is 1. The van der Waals surface area contributed by atoms with E-state index in [0.717, 1.165) is 17.9 Å². The molecule has 5 rings (SSSR count). The molecule has 0 radical (unpaired) electrons. The van der Waals surface area contributed by atoms with E-state index >= 15 is 0 Å². The Hall–Kier alpha value is -1.55. The summed E-state index contributed by atoms with van der Waals surface area (Å²) < 4.78 is 5.73. The Morgan fingerprint density at radius 2 is 2.12 bits per heavy atom. The minimum atomic E-state index is 0.0875. The lowest BCUT2D eigenvalue weighted by Gasteiger charge is -2.58. The molecule has 1 amide bonds. The summed E-state index contributed by atoms with van der Waals surface area (Å²) in [4.78, 5) is 17.6. The quantitative estimate of drug-likeness (QED) is 0.811. The van der Waals surface area contributed by atoms with Gasteiger partial charge in [0.25, 0.3) is 0 Å². The molecule has 0 bridgehead atoms. The van der Waals surface area contributed by atoms with Crippen LogP contribution in [0, 0.1) is 5.41 Å². The average Bonchev–Trinajstić information content (AvgIpc) is 3.19. The number of rotatable bonds is 2. The maximum Gasteiger partial charge on any atom is 0.224 e. The van der Waals surface area contributed by atoms with Crippen molar-refractivity contribution in [3.8, 4) is 5.75 Å². The highest BCUT2D eigenvalue weighted by atomic mass is 16.5. The number of anilines is 1. The van der Waals surface area contributed by atoms with Crippen molar-refractivity contribution in [1.82, 2.24) is 4.90 Å². The zero-order chi connectivity index (χ0) is 18.1. The molecule has 4 heteroatoms. The lowest BCUT2D eigenvalue weighted by molar-refractivity contribution is -0.118. The van der Waals surface area contributed by atoms with Gasteiger partial charge in [0.05, 0.1) is 12.8 Å². The first-order valence-electron chi connectivity index (χ1n) is 10.3. The summed E-state index contributed by atoms with van der Waals surface area (Å²) in [7, 11) is 1.73. The van der Waals surface area contributed by atoms with Gasteiger partial charge in [-0.25, -0.2) is 0 Å². The van der Waals surface area contributed by atoms with Crippen LogP contribution >= 0.6 is 0 Å². The lowest BCUT2D eigenvalue weighted by atomic mass is 9.52. The minimum Gasteiger partial charge on any atom is -0.495 e. The zero-order valence-corrected chi connectivity index (χ0v) is 16.3. The molecule has 4 aliphatic rings. The maximum atomic E-state index is 12.8. The Labute approximate surface area is 156 Å². The first kappa shape index (κ1) is 16.6. The van der Waals surface area contributed by atoms with Gasteiger partial charge in [0.1, 0.15) is 5.75 Å². The first-order chi connectivity index (χ1) is 12.6. The van der Waals surface area contributed by atoms with Crippen LogP contribution in [0.1, 0.15) is 57.9 Å². The third kappa shape index (κ3) is 1.77. The second-order valence-corrected chi connectivity index (χ2v) is 8.85. The highest BCUT2D eigenvalue weighted by Gasteiger charge is 2.68. The zero-order valence-electron chi connectivity index (χ0n) is 16.3. The smallest absolute Gasteiger partial charge is 0.224 e. The fourth-order valence-electron chi connectivity index (χ4n) is 7.37. The first-order valence-corrected chi connectivity index (χ1v) is 10.3. The van der Waals surface area contributed by atoms with Crippen molar-refractivity contribution in [2.45, 2.75) is 69.9 Å². The van der Waals surface area contributed by atoms with Crippen molar-refractivity contribution >= 4 is 11.6 Å². The van der Waals surface area contributed by atoms with E-state index in [-0.39, 0.29) is 11.3 Å². The number of ether oxygens (including phenoxy) is 1. The largest absolute Gasteiger partial charge is 0.495 e. The topological polar surface area (TPSA) is 32.8 Å². The Kier molecular flexibility index (Phi) is 3.50. The molecule has 3 heterocycles. The van der Waals surface area contributed by atoms with Crippen molar-refractivity contribution in [3.05, 3.63) is 23.8 Å². The number of carbonyl (C=O) groups is 1. The third-order valence-corrected chi connectivity index (χ3v) is 8.19. The van der Waals surface area contributed by atoms with Crippen LogP contribution in [-0.2, 0) is 10.2 Å². The summed E-state index contributed by atoms with van der Waals surface area (Å²) in [5.41, 5.74) is 2.94. The van der Waals surface area contributed by atoms with Gasteiger partial charge >= 0.3 is 0 Å². The maximum absolute atomic E-state index is 12.8. The number of piperidine rings is 1. The van der Waals surface area contributed by atoms with Crippen LogP contribution in [-0.4, -0.2) is 43.1 Å². The second kappa shape index (κ2) is 5.48. The van der Waals surface area contributed by atoms with E-state index in [1.807, 2.05) is 6.07 Å². The number of fused-ring (bicyclic) bond motifs is 1.